The zero-order chi connectivity index (χ0) is 14.7. The smallest absolute Gasteiger partial charge is 0.184 e. The van der Waals surface area contributed by atoms with E-state index in [1.54, 1.807) is 18.2 Å². The Morgan fingerprint density at radius 1 is 1.30 bits per heavy atom. The normalized spacial score (nSPS) is 11.7. The lowest BCUT2D eigenvalue weighted by Gasteiger charge is -2.09. The summed E-state index contributed by atoms with van der Waals surface area (Å²) >= 11 is 9.16. The van der Waals surface area contributed by atoms with Gasteiger partial charge < -0.3 is 0 Å². The molecular weight excluding hydrogens is 345 g/mol. The highest BCUT2D eigenvalue weighted by Gasteiger charge is 2.22. The summed E-state index contributed by atoms with van der Waals surface area (Å²) in [4.78, 5) is 12.3. The van der Waals surface area contributed by atoms with Gasteiger partial charge in [-0.3, -0.25) is 4.79 Å². The van der Waals surface area contributed by atoms with Crippen molar-refractivity contribution in [2.45, 2.75) is 5.92 Å². The third-order valence-electron chi connectivity index (χ3n) is 2.78. The Labute approximate surface area is 128 Å². The van der Waals surface area contributed by atoms with Crippen molar-refractivity contribution in [2.75, 3.05) is 0 Å². The van der Waals surface area contributed by atoms with Crippen LogP contribution in [0.5, 0.6) is 0 Å². The molecule has 0 aliphatic carbocycles. The Bertz CT molecular complexity index is 711. The van der Waals surface area contributed by atoms with E-state index in [0.717, 1.165) is 0 Å². The summed E-state index contributed by atoms with van der Waals surface area (Å²) in [6, 6.07) is 12.1. The van der Waals surface area contributed by atoms with Crippen LogP contribution in [0.4, 0.5) is 4.39 Å². The molecule has 0 aliphatic heterocycles. The molecule has 5 heteroatoms. The molecule has 2 aromatic carbocycles. The molecule has 1 unspecified atom stereocenters. The molecule has 0 saturated carbocycles. The van der Waals surface area contributed by atoms with Crippen molar-refractivity contribution < 1.29 is 9.18 Å². The van der Waals surface area contributed by atoms with Crippen LogP contribution in [0.15, 0.2) is 46.9 Å². The number of hydrogen-bond acceptors (Lipinski definition) is 2. The van der Waals surface area contributed by atoms with E-state index in [4.69, 9.17) is 11.6 Å². The van der Waals surface area contributed by atoms with Crippen LogP contribution < -0.4 is 0 Å². The predicted octanol–water partition coefficient (Wildman–Crippen LogP) is 4.73. The lowest BCUT2D eigenvalue weighted by atomic mass is 9.92. The minimum absolute atomic E-state index is 0.314. The lowest BCUT2D eigenvalue weighted by molar-refractivity contribution is 0.0979. The Hall–Kier alpha value is -1.70. The molecule has 0 spiro atoms. The van der Waals surface area contributed by atoms with Gasteiger partial charge in [-0.25, -0.2) is 4.39 Å². The first-order valence-corrected chi connectivity index (χ1v) is 6.84. The van der Waals surface area contributed by atoms with Crippen LogP contribution >= 0.6 is 27.5 Å². The molecule has 0 amide bonds. The first kappa shape index (κ1) is 14.7. The number of nitrogens with zero attached hydrogens (tertiary/aromatic N) is 1. The van der Waals surface area contributed by atoms with Crippen LogP contribution in [-0.4, -0.2) is 5.78 Å². The molecular formula is C15H8BrClFNO. The van der Waals surface area contributed by atoms with Crippen molar-refractivity contribution in [1.29, 1.82) is 5.26 Å². The van der Waals surface area contributed by atoms with E-state index in [0.29, 0.717) is 20.6 Å². The van der Waals surface area contributed by atoms with Gasteiger partial charge in [0.15, 0.2) is 5.78 Å². The van der Waals surface area contributed by atoms with Crippen molar-refractivity contribution >= 4 is 33.3 Å². The monoisotopic (exact) mass is 351 g/mol. The fourth-order valence-electron chi connectivity index (χ4n) is 1.79. The van der Waals surface area contributed by atoms with Gasteiger partial charge in [0.2, 0.25) is 0 Å². The lowest BCUT2D eigenvalue weighted by Crippen LogP contribution is -2.11. The molecule has 100 valence electrons. The van der Waals surface area contributed by atoms with Crippen LogP contribution in [0, 0.1) is 17.1 Å². The molecule has 0 heterocycles. The standard InChI is InChI=1S/C15H8BrClFNO/c16-13-5-4-10(7-14(13)17)15(20)12(8-19)9-2-1-3-11(18)6-9/h1-7,12H. The summed E-state index contributed by atoms with van der Waals surface area (Å²) in [5.41, 5.74) is 0.644. The largest absolute Gasteiger partial charge is 0.292 e. The van der Waals surface area contributed by atoms with E-state index >= 15 is 0 Å². The minimum atomic E-state index is -1.05. The van der Waals surface area contributed by atoms with Gasteiger partial charge in [-0.05, 0) is 45.8 Å². The number of rotatable bonds is 3. The van der Waals surface area contributed by atoms with Crippen molar-refractivity contribution in [2.24, 2.45) is 0 Å². The number of hydrogen-bond donors (Lipinski definition) is 0. The highest BCUT2D eigenvalue weighted by Crippen LogP contribution is 2.27. The second kappa shape index (κ2) is 6.17. The molecule has 1 atom stereocenters. The number of Topliss-reactive ketones (excluding diaryl/α,β-unsaturated/α-hetero) is 1. The summed E-state index contributed by atoms with van der Waals surface area (Å²) in [6.45, 7) is 0. The van der Waals surface area contributed by atoms with Crippen LogP contribution in [0.25, 0.3) is 0 Å². The average Bonchev–Trinajstić information content (AvgIpc) is 2.42. The highest BCUT2D eigenvalue weighted by atomic mass is 79.9. The average molecular weight is 353 g/mol. The van der Waals surface area contributed by atoms with Gasteiger partial charge in [0.25, 0.3) is 0 Å². The first-order valence-electron chi connectivity index (χ1n) is 5.67. The molecule has 2 nitrogen and oxygen atoms in total. The van der Waals surface area contributed by atoms with E-state index < -0.39 is 17.5 Å². The number of carbonyl (C=O) groups is 1. The van der Waals surface area contributed by atoms with Gasteiger partial charge in [-0.2, -0.15) is 5.26 Å². The highest BCUT2D eigenvalue weighted by molar-refractivity contribution is 9.10. The molecule has 2 rings (SSSR count). The molecule has 0 radical (unpaired) electrons. The molecule has 0 aromatic heterocycles. The topological polar surface area (TPSA) is 40.9 Å². The van der Waals surface area contributed by atoms with E-state index in [1.165, 1.54) is 24.3 Å². The molecule has 2 aromatic rings. The zero-order valence-electron chi connectivity index (χ0n) is 10.1. The Balaban J connectivity index is 2.39. The molecule has 0 saturated heterocycles. The SMILES string of the molecule is N#CC(C(=O)c1ccc(Br)c(Cl)c1)c1cccc(F)c1. The van der Waals surface area contributed by atoms with Crippen molar-refractivity contribution in [1.82, 2.24) is 0 Å². The number of ketones is 1. The Morgan fingerprint density at radius 3 is 2.65 bits per heavy atom. The summed E-state index contributed by atoms with van der Waals surface area (Å²) in [5.74, 6) is -1.94. The van der Waals surface area contributed by atoms with Gasteiger partial charge in [0, 0.05) is 10.0 Å². The van der Waals surface area contributed by atoms with Crippen LogP contribution in [0.3, 0.4) is 0 Å². The maximum absolute atomic E-state index is 13.2. The molecule has 0 bridgehead atoms. The summed E-state index contributed by atoms with van der Waals surface area (Å²) in [6.07, 6.45) is 0. The van der Waals surface area contributed by atoms with Gasteiger partial charge in [0.1, 0.15) is 11.7 Å². The van der Waals surface area contributed by atoms with E-state index in [2.05, 4.69) is 15.9 Å². The van der Waals surface area contributed by atoms with Crippen LogP contribution in [-0.2, 0) is 0 Å². The van der Waals surface area contributed by atoms with Gasteiger partial charge >= 0.3 is 0 Å². The molecule has 20 heavy (non-hydrogen) atoms. The van der Waals surface area contributed by atoms with Crippen LogP contribution in [0.2, 0.25) is 5.02 Å². The fourth-order valence-corrected chi connectivity index (χ4v) is 2.21. The summed E-state index contributed by atoms with van der Waals surface area (Å²) in [7, 11) is 0. The Kier molecular flexibility index (Phi) is 4.53. The van der Waals surface area contributed by atoms with Gasteiger partial charge in [0.05, 0.1) is 11.1 Å². The molecule has 0 fully saturated rings. The quantitative estimate of drug-likeness (QED) is 0.749. The summed E-state index contributed by atoms with van der Waals surface area (Å²) < 4.78 is 13.9. The van der Waals surface area contributed by atoms with Crippen LogP contribution in [0.1, 0.15) is 21.8 Å². The number of nitriles is 1. The minimum Gasteiger partial charge on any atom is -0.292 e. The van der Waals surface area contributed by atoms with Crippen molar-refractivity contribution in [3.8, 4) is 6.07 Å². The maximum atomic E-state index is 13.2. The fraction of sp³-hybridized carbons (Fsp3) is 0.0667. The Morgan fingerprint density at radius 2 is 2.05 bits per heavy atom. The molecule has 0 aliphatic rings. The third-order valence-corrected chi connectivity index (χ3v) is 4.01. The van der Waals surface area contributed by atoms with Crippen molar-refractivity contribution in [3.63, 3.8) is 0 Å². The van der Waals surface area contributed by atoms with Gasteiger partial charge in [-0.15, -0.1) is 0 Å². The summed E-state index contributed by atoms with van der Waals surface area (Å²) in [5, 5.41) is 9.57. The van der Waals surface area contributed by atoms with E-state index in [1.807, 2.05) is 6.07 Å². The zero-order valence-corrected chi connectivity index (χ0v) is 12.5. The van der Waals surface area contributed by atoms with E-state index in [-0.39, 0.29) is 0 Å². The number of halogens is 3. The third kappa shape index (κ3) is 3.06. The maximum Gasteiger partial charge on any atom is 0.184 e. The van der Waals surface area contributed by atoms with Crippen molar-refractivity contribution in [3.05, 3.63) is 68.9 Å². The first-order chi connectivity index (χ1) is 9.52. The number of benzene rings is 2. The predicted molar refractivity (Wildman–Crippen MR) is 78.2 cm³/mol. The van der Waals surface area contributed by atoms with E-state index in [9.17, 15) is 14.4 Å². The van der Waals surface area contributed by atoms with Gasteiger partial charge in [-0.1, -0.05) is 29.8 Å². The molecule has 0 N–H and O–H groups in total. The number of carbonyl (C=O) groups excluding carboxylic acids is 1. The second-order valence-corrected chi connectivity index (χ2v) is 5.37. The second-order valence-electron chi connectivity index (χ2n) is 4.11.